The van der Waals surface area contributed by atoms with Crippen molar-refractivity contribution in [1.29, 1.82) is 0 Å². The molecule has 1 amide bonds. The van der Waals surface area contributed by atoms with Gasteiger partial charge in [-0.05, 0) is 26.0 Å². The summed E-state index contributed by atoms with van der Waals surface area (Å²) in [5.41, 5.74) is 0.921. The lowest BCUT2D eigenvalue weighted by Crippen LogP contribution is -2.60. The quantitative estimate of drug-likeness (QED) is 0.804. The first-order valence-corrected chi connectivity index (χ1v) is 7.45. The van der Waals surface area contributed by atoms with Crippen molar-refractivity contribution >= 4 is 17.0 Å². The maximum Gasteiger partial charge on any atom is 0.290 e. The first-order chi connectivity index (χ1) is 10.5. The highest BCUT2D eigenvalue weighted by atomic mass is 16.6. The molecule has 2 aromatic heterocycles. The van der Waals surface area contributed by atoms with Gasteiger partial charge in [0, 0.05) is 12.3 Å². The van der Waals surface area contributed by atoms with Crippen molar-refractivity contribution in [2.75, 3.05) is 19.8 Å². The minimum absolute atomic E-state index is 0.0540. The van der Waals surface area contributed by atoms with Crippen molar-refractivity contribution in [2.24, 2.45) is 0 Å². The van der Waals surface area contributed by atoms with E-state index in [1.165, 1.54) is 0 Å². The molecule has 2 fully saturated rings. The molecule has 0 unspecified atom stereocenters. The summed E-state index contributed by atoms with van der Waals surface area (Å²) in [6.45, 7) is 5.52. The van der Waals surface area contributed by atoms with E-state index in [4.69, 9.17) is 13.9 Å². The molecule has 2 atom stereocenters. The molecule has 2 aliphatic heterocycles. The van der Waals surface area contributed by atoms with Gasteiger partial charge < -0.3 is 18.8 Å². The van der Waals surface area contributed by atoms with Gasteiger partial charge in [-0.1, -0.05) is 0 Å². The standard InChI is InChI=1S/C16H18N2O4/c1-16(2)9-18(11-7-20-8-14(11)22-16)15(19)13-6-10-12(21-13)4-3-5-17-10/h3-6,11,14H,7-9H2,1-2H3/t11-,14-/m0/s1. The maximum atomic E-state index is 12.9. The van der Waals surface area contributed by atoms with E-state index in [-0.39, 0.29) is 18.1 Å². The molecule has 0 aromatic carbocycles. The molecule has 4 heterocycles. The number of amides is 1. The van der Waals surface area contributed by atoms with Gasteiger partial charge in [0.1, 0.15) is 11.6 Å². The second kappa shape index (κ2) is 4.79. The molecule has 0 bridgehead atoms. The molecule has 0 spiro atoms. The average Bonchev–Trinajstić information content (AvgIpc) is 3.10. The van der Waals surface area contributed by atoms with Gasteiger partial charge >= 0.3 is 0 Å². The minimum atomic E-state index is -0.394. The van der Waals surface area contributed by atoms with Gasteiger partial charge in [0.15, 0.2) is 11.3 Å². The largest absolute Gasteiger partial charge is 0.449 e. The molecule has 6 nitrogen and oxygen atoms in total. The number of carbonyl (C=O) groups is 1. The topological polar surface area (TPSA) is 64.8 Å². The van der Waals surface area contributed by atoms with Crippen LogP contribution in [0.3, 0.4) is 0 Å². The van der Waals surface area contributed by atoms with Crippen molar-refractivity contribution in [3.05, 3.63) is 30.2 Å². The number of nitrogens with zero attached hydrogens (tertiary/aromatic N) is 2. The molecule has 2 aliphatic rings. The van der Waals surface area contributed by atoms with Gasteiger partial charge in [-0.15, -0.1) is 0 Å². The summed E-state index contributed by atoms with van der Waals surface area (Å²) < 4.78 is 17.2. The van der Waals surface area contributed by atoms with Crippen LogP contribution < -0.4 is 0 Å². The fourth-order valence-corrected chi connectivity index (χ4v) is 3.24. The van der Waals surface area contributed by atoms with Crippen molar-refractivity contribution < 1.29 is 18.7 Å². The highest BCUT2D eigenvalue weighted by Gasteiger charge is 2.46. The molecule has 22 heavy (non-hydrogen) atoms. The Balaban J connectivity index is 1.68. The average molecular weight is 302 g/mol. The number of pyridine rings is 1. The van der Waals surface area contributed by atoms with Gasteiger partial charge in [-0.2, -0.15) is 0 Å². The monoisotopic (exact) mass is 302 g/mol. The van der Waals surface area contributed by atoms with Crippen LogP contribution in [-0.2, 0) is 9.47 Å². The Hall–Kier alpha value is -1.92. The van der Waals surface area contributed by atoms with Crippen molar-refractivity contribution in [2.45, 2.75) is 31.6 Å². The third-order valence-electron chi connectivity index (χ3n) is 4.18. The number of fused-ring (bicyclic) bond motifs is 2. The molecular weight excluding hydrogens is 284 g/mol. The minimum Gasteiger partial charge on any atom is -0.449 e. The van der Waals surface area contributed by atoms with Crippen LogP contribution in [0.4, 0.5) is 0 Å². The SMILES string of the molecule is CC1(C)CN(C(=O)c2cc3ncccc3o2)[C@H]2COC[C@@H]2O1. The molecule has 0 saturated carbocycles. The van der Waals surface area contributed by atoms with Crippen LogP contribution in [0.5, 0.6) is 0 Å². The third kappa shape index (κ3) is 2.19. The molecule has 0 N–H and O–H groups in total. The summed E-state index contributed by atoms with van der Waals surface area (Å²) >= 11 is 0. The zero-order valence-electron chi connectivity index (χ0n) is 12.6. The molecule has 0 aliphatic carbocycles. The van der Waals surface area contributed by atoms with E-state index < -0.39 is 5.60 Å². The highest BCUT2D eigenvalue weighted by Crippen LogP contribution is 2.31. The van der Waals surface area contributed by atoms with E-state index in [1.807, 2.05) is 24.8 Å². The van der Waals surface area contributed by atoms with Crippen molar-refractivity contribution in [3.8, 4) is 0 Å². The second-order valence-corrected chi connectivity index (χ2v) is 6.45. The van der Waals surface area contributed by atoms with E-state index in [2.05, 4.69) is 4.98 Å². The molecule has 6 heteroatoms. The van der Waals surface area contributed by atoms with Gasteiger partial charge in [-0.3, -0.25) is 9.78 Å². The second-order valence-electron chi connectivity index (χ2n) is 6.45. The van der Waals surface area contributed by atoms with Crippen LogP contribution >= 0.6 is 0 Å². The lowest BCUT2D eigenvalue weighted by molar-refractivity contribution is -0.138. The van der Waals surface area contributed by atoms with E-state index in [9.17, 15) is 4.79 Å². The summed E-state index contributed by atoms with van der Waals surface area (Å²) in [6, 6.07) is 5.25. The normalized spacial score (nSPS) is 27.1. The molecule has 2 saturated heterocycles. The van der Waals surface area contributed by atoms with Crippen molar-refractivity contribution in [1.82, 2.24) is 9.88 Å². The highest BCUT2D eigenvalue weighted by molar-refractivity contribution is 5.95. The van der Waals surface area contributed by atoms with Gasteiger partial charge in [0.25, 0.3) is 5.91 Å². The number of ether oxygens (including phenoxy) is 2. The number of hydrogen-bond donors (Lipinski definition) is 0. The van der Waals surface area contributed by atoms with Crippen LogP contribution in [0.15, 0.2) is 28.8 Å². The van der Waals surface area contributed by atoms with E-state index >= 15 is 0 Å². The molecule has 2 aromatic rings. The van der Waals surface area contributed by atoms with E-state index in [0.717, 1.165) is 0 Å². The van der Waals surface area contributed by atoms with Gasteiger partial charge in [0.2, 0.25) is 0 Å². The number of carbonyl (C=O) groups excluding carboxylic acids is 1. The Morgan fingerprint density at radius 1 is 1.41 bits per heavy atom. The number of hydrogen-bond acceptors (Lipinski definition) is 5. The summed E-state index contributed by atoms with van der Waals surface area (Å²) in [7, 11) is 0. The van der Waals surface area contributed by atoms with E-state index in [1.54, 1.807) is 18.3 Å². The fraction of sp³-hybridized carbons (Fsp3) is 0.500. The van der Waals surface area contributed by atoms with E-state index in [0.29, 0.717) is 36.6 Å². The Morgan fingerprint density at radius 2 is 2.27 bits per heavy atom. The molecule has 116 valence electrons. The zero-order chi connectivity index (χ0) is 15.3. The van der Waals surface area contributed by atoms with Crippen LogP contribution in [0.1, 0.15) is 24.4 Å². The Morgan fingerprint density at radius 3 is 3.09 bits per heavy atom. The Bertz CT molecular complexity index is 691. The number of rotatable bonds is 1. The van der Waals surface area contributed by atoms with Gasteiger partial charge in [0.05, 0.1) is 31.4 Å². The molecule has 0 radical (unpaired) electrons. The lowest BCUT2D eigenvalue weighted by Gasteiger charge is -2.44. The van der Waals surface area contributed by atoms with Crippen LogP contribution in [0, 0.1) is 0 Å². The van der Waals surface area contributed by atoms with Crippen LogP contribution in [-0.4, -0.2) is 53.3 Å². The number of furan rings is 1. The summed E-state index contributed by atoms with van der Waals surface area (Å²) in [6.07, 6.45) is 1.61. The third-order valence-corrected chi connectivity index (χ3v) is 4.18. The van der Waals surface area contributed by atoms with Crippen molar-refractivity contribution in [3.63, 3.8) is 0 Å². The maximum absolute atomic E-state index is 12.9. The smallest absolute Gasteiger partial charge is 0.290 e. The first kappa shape index (κ1) is 13.7. The molecule has 4 rings (SSSR count). The van der Waals surface area contributed by atoms with Crippen LogP contribution in [0.25, 0.3) is 11.1 Å². The summed E-state index contributed by atoms with van der Waals surface area (Å²) in [5.74, 6) is 0.187. The lowest BCUT2D eigenvalue weighted by atomic mass is 10.0. The summed E-state index contributed by atoms with van der Waals surface area (Å²) in [5, 5.41) is 0. The van der Waals surface area contributed by atoms with Crippen LogP contribution in [0.2, 0.25) is 0 Å². The fourth-order valence-electron chi connectivity index (χ4n) is 3.24. The summed E-state index contributed by atoms with van der Waals surface area (Å²) in [4.78, 5) is 18.9. The Kier molecular flexibility index (Phi) is 2.99. The predicted octanol–water partition coefficient (Wildman–Crippen LogP) is 1.85. The Labute approximate surface area is 128 Å². The predicted molar refractivity (Wildman–Crippen MR) is 78.6 cm³/mol. The molecular formula is C16H18N2O4. The number of morpholine rings is 1. The van der Waals surface area contributed by atoms with Gasteiger partial charge in [-0.25, -0.2) is 0 Å². The first-order valence-electron chi connectivity index (χ1n) is 7.45. The zero-order valence-corrected chi connectivity index (χ0v) is 12.6. The number of aromatic nitrogens is 1.